The van der Waals surface area contributed by atoms with E-state index in [-0.39, 0.29) is 29.1 Å². The summed E-state index contributed by atoms with van der Waals surface area (Å²) in [6.07, 6.45) is 1.89. The first-order chi connectivity index (χ1) is 12.2. The zero-order chi connectivity index (χ0) is 18.9. The third-order valence-corrected chi connectivity index (χ3v) is 6.52. The van der Waals surface area contributed by atoms with Gasteiger partial charge in [0.05, 0.1) is 11.5 Å². The molecule has 1 saturated heterocycles. The predicted molar refractivity (Wildman–Crippen MR) is 101 cm³/mol. The molecule has 138 valence electrons. The lowest BCUT2D eigenvalue weighted by Gasteiger charge is -2.24. The first kappa shape index (κ1) is 18.3. The number of aryl methyl sites for hydroxylation is 2. The molecule has 2 aromatic rings. The first-order valence-electron chi connectivity index (χ1n) is 8.39. The molecule has 0 aliphatic carbocycles. The highest BCUT2D eigenvalue weighted by Gasteiger charge is 2.31. The lowest BCUT2D eigenvalue weighted by Crippen LogP contribution is -2.33. The van der Waals surface area contributed by atoms with E-state index in [1.807, 2.05) is 32.0 Å². The van der Waals surface area contributed by atoms with Gasteiger partial charge in [-0.3, -0.25) is 4.79 Å². The van der Waals surface area contributed by atoms with E-state index < -0.39 is 9.84 Å². The second kappa shape index (κ2) is 7.03. The summed E-state index contributed by atoms with van der Waals surface area (Å²) in [4.78, 5) is 22.5. The third-order valence-electron chi connectivity index (χ3n) is 4.77. The SMILES string of the molecule is Cc1ccc(NC(=O)c2cc(N(C)C3CCS(=O)(=O)C3)ncn2)cc1C. The zero-order valence-electron chi connectivity index (χ0n) is 15.1. The Morgan fingerprint density at radius 2 is 1.96 bits per heavy atom. The minimum Gasteiger partial charge on any atom is -0.356 e. The summed E-state index contributed by atoms with van der Waals surface area (Å²) in [6.45, 7) is 4.00. The van der Waals surface area contributed by atoms with Crippen LogP contribution in [0.2, 0.25) is 0 Å². The van der Waals surface area contributed by atoms with E-state index >= 15 is 0 Å². The Balaban J connectivity index is 1.76. The van der Waals surface area contributed by atoms with Crippen molar-refractivity contribution >= 4 is 27.2 Å². The number of carbonyl (C=O) groups is 1. The number of rotatable bonds is 4. The molecule has 1 aliphatic heterocycles. The van der Waals surface area contributed by atoms with E-state index in [0.717, 1.165) is 11.1 Å². The minimum absolute atomic E-state index is 0.109. The summed E-state index contributed by atoms with van der Waals surface area (Å²) in [6, 6.07) is 7.15. The molecule has 1 aliphatic rings. The lowest BCUT2D eigenvalue weighted by atomic mass is 10.1. The molecule has 8 heteroatoms. The molecule has 0 spiro atoms. The minimum atomic E-state index is -2.99. The van der Waals surface area contributed by atoms with Gasteiger partial charge in [-0.05, 0) is 43.5 Å². The van der Waals surface area contributed by atoms with Gasteiger partial charge in [-0.25, -0.2) is 18.4 Å². The fourth-order valence-electron chi connectivity index (χ4n) is 2.95. The molecule has 0 saturated carbocycles. The van der Waals surface area contributed by atoms with Crippen LogP contribution in [-0.2, 0) is 9.84 Å². The van der Waals surface area contributed by atoms with Crippen molar-refractivity contribution < 1.29 is 13.2 Å². The fourth-order valence-corrected chi connectivity index (χ4v) is 4.72. The maximum Gasteiger partial charge on any atom is 0.274 e. The standard InChI is InChI=1S/C18H22N4O3S/c1-12-4-5-14(8-13(12)2)21-18(23)16-9-17(20-11-19-16)22(3)15-6-7-26(24,25)10-15/h4-5,8-9,11,15H,6-7,10H2,1-3H3,(H,21,23). The second-order valence-electron chi connectivity index (χ2n) is 6.68. The number of hydrogen-bond donors (Lipinski definition) is 1. The summed E-state index contributed by atoms with van der Waals surface area (Å²) in [5.74, 6) is 0.502. The van der Waals surface area contributed by atoms with Gasteiger partial charge in [-0.1, -0.05) is 6.07 Å². The van der Waals surface area contributed by atoms with E-state index in [2.05, 4.69) is 15.3 Å². The number of carbonyl (C=O) groups excluding carboxylic acids is 1. The van der Waals surface area contributed by atoms with Crippen LogP contribution in [0, 0.1) is 13.8 Å². The van der Waals surface area contributed by atoms with Crippen molar-refractivity contribution in [2.45, 2.75) is 26.3 Å². The van der Waals surface area contributed by atoms with Gasteiger partial charge in [0, 0.05) is 24.8 Å². The number of aromatic nitrogens is 2. The van der Waals surface area contributed by atoms with Gasteiger partial charge >= 0.3 is 0 Å². The fraction of sp³-hybridized carbons (Fsp3) is 0.389. The van der Waals surface area contributed by atoms with Crippen molar-refractivity contribution in [2.75, 3.05) is 28.8 Å². The quantitative estimate of drug-likeness (QED) is 0.880. The van der Waals surface area contributed by atoms with E-state index in [1.54, 1.807) is 18.0 Å². The average Bonchev–Trinajstić information content (AvgIpc) is 2.97. The zero-order valence-corrected chi connectivity index (χ0v) is 15.9. The monoisotopic (exact) mass is 374 g/mol. The molecule has 1 aromatic heterocycles. The normalized spacial score (nSPS) is 18.5. The molecule has 1 N–H and O–H groups in total. The van der Waals surface area contributed by atoms with Crippen molar-refractivity contribution in [1.29, 1.82) is 0 Å². The van der Waals surface area contributed by atoms with Gasteiger partial charge in [-0.2, -0.15) is 0 Å². The van der Waals surface area contributed by atoms with Gasteiger partial charge in [0.25, 0.3) is 5.91 Å². The highest BCUT2D eigenvalue weighted by molar-refractivity contribution is 7.91. The van der Waals surface area contributed by atoms with Crippen molar-refractivity contribution in [3.8, 4) is 0 Å². The molecule has 1 fully saturated rings. The van der Waals surface area contributed by atoms with Crippen molar-refractivity contribution in [2.24, 2.45) is 0 Å². The van der Waals surface area contributed by atoms with Crippen LogP contribution in [0.25, 0.3) is 0 Å². The maximum atomic E-state index is 12.5. The van der Waals surface area contributed by atoms with Crippen molar-refractivity contribution in [3.63, 3.8) is 0 Å². The molecule has 1 atom stereocenters. The predicted octanol–water partition coefficient (Wildman–Crippen LogP) is 1.97. The molecule has 2 heterocycles. The molecular weight excluding hydrogens is 352 g/mol. The molecule has 0 bridgehead atoms. The number of amides is 1. The van der Waals surface area contributed by atoms with Crippen molar-refractivity contribution in [1.82, 2.24) is 9.97 Å². The molecule has 1 unspecified atom stereocenters. The highest BCUT2D eigenvalue weighted by Crippen LogP contribution is 2.22. The average molecular weight is 374 g/mol. The number of benzene rings is 1. The molecule has 1 aromatic carbocycles. The Bertz CT molecular complexity index is 943. The van der Waals surface area contributed by atoms with E-state index in [9.17, 15) is 13.2 Å². The Labute approximate surface area is 153 Å². The topological polar surface area (TPSA) is 92.3 Å². The Morgan fingerprint density at radius 3 is 2.62 bits per heavy atom. The maximum absolute atomic E-state index is 12.5. The molecule has 0 radical (unpaired) electrons. The molecule has 26 heavy (non-hydrogen) atoms. The van der Waals surface area contributed by atoms with Crippen LogP contribution in [0.3, 0.4) is 0 Å². The summed E-state index contributed by atoms with van der Waals surface area (Å²) in [5.41, 5.74) is 3.18. The lowest BCUT2D eigenvalue weighted by molar-refractivity contribution is 0.102. The summed E-state index contributed by atoms with van der Waals surface area (Å²) >= 11 is 0. The molecule has 1 amide bonds. The number of hydrogen-bond acceptors (Lipinski definition) is 6. The number of nitrogens with zero attached hydrogens (tertiary/aromatic N) is 3. The Hall–Kier alpha value is -2.48. The van der Waals surface area contributed by atoms with Gasteiger partial charge in [0.2, 0.25) is 0 Å². The summed E-state index contributed by atoms with van der Waals surface area (Å²) < 4.78 is 23.4. The van der Waals surface area contributed by atoms with Crippen LogP contribution in [0.5, 0.6) is 0 Å². The Morgan fingerprint density at radius 1 is 1.19 bits per heavy atom. The molecule has 3 rings (SSSR count). The summed E-state index contributed by atoms with van der Waals surface area (Å²) in [7, 11) is -1.20. The Kier molecular flexibility index (Phi) is 4.95. The van der Waals surface area contributed by atoms with Crippen LogP contribution in [0.4, 0.5) is 11.5 Å². The van der Waals surface area contributed by atoms with Gasteiger partial charge < -0.3 is 10.2 Å². The van der Waals surface area contributed by atoms with Gasteiger partial charge in [0.1, 0.15) is 17.8 Å². The van der Waals surface area contributed by atoms with Crippen LogP contribution in [-0.4, -0.2) is 48.9 Å². The number of anilines is 2. The van der Waals surface area contributed by atoms with Gasteiger partial charge in [-0.15, -0.1) is 0 Å². The first-order valence-corrected chi connectivity index (χ1v) is 10.2. The van der Waals surface area contributed by atoms with Crippen molar-refractivity contribution in [3.05, 3.63) is 47.4 Å². The smallest absolute Gasteiger partial charge is 0.274 e. The largest absolute Gasteiger partial charge is 0.356 e. The van der Waals surface area contributed by atoms with E-state index in [4.69, 9.17) is 0 Å². The second-order valence-corrected chi connectivity index (χ2v) is 8.91. The van der Waals surface area contributed by atoms with E-state index in [0.29, 0.717) is 17.9 Å². The number of nitrogens with one attached hydrogen (secondary N) is 1. The highest BCUT2D eigenvalue weighted by atomic mass is 32.2. The number of sulfone groups is 1. The van der Waals surface area contributed by atoms with Crippen LogP contribution in [0.1, 0.15) is 28.0 Å². The molecular formula is C18H22N4O3S. The molecule has 7 nitrogen and oxygen atoms in total. The van der Waals surface area contributed by atoms with Crippen LogP contribution < -0.4 is 10.2 Å². The van der Waals surface area contributed by atoms with Crippen LogP contribution >= 0.6 is 0 Å². The van der Waals surface area contributed by atoms with Gasteiger partial charge in [0.15, 0.2) is 9.84 Å². The van der Waals surface area contributed by atoms with Crippen LogP contribution in [0.15, 0.2) is 30.6 Å². The third kappa shape index (κ3) is 4.01. The summed E-state index contributed by atoms with van der Waals surface area (Å²) in [5, 5.41) is 2.83. The van der Waals surface area contributed by atoms with E-state index in [1.165, 1.54) is 6.33 Å².